The molecule has 0 saturated heterocycles. The van der Waals surface area contributed by atoms with Crippen molar-refractivity contribution < 1.29 is 15.4 Å². The zero-order valence-corrected chi connectivity index (χ0v) is 17.8. The molecule has 0 unspecified atom stereocenters. The summed E-state index contributed by atoms with van der Waals surface area (Å²) in [6.07, 6.45) is 0.913. The first-order chi connectivity index (χ1) is 15.0. The first kappa shape index (κ1) is 24.6. The summed E-state index contributed by atoms with van der Waals surface area (Å²) in [7, 11) is 0. The molecule has 0 aliphatic carbocycles. The monoisotopic (exact) mass is 434 g/mol. The van der Waals surface area contributed by atoms with E-state index in [2.05, 4.69) is 10.3 Å². The number of hydrogen-bond donors (Lipinski definition) is 4. The van der Waals surface area contributed by atoms with E-state index in [1.165, 1.54) is 0 Å². The zero-order valence-electron chi connectivity index (χ0n) is 17.8. The molecule has 7 heteroatoms. The third-order valence-electron chi connectivity index (χ3n) is 5.25. The van der Waals surface area contributed by atoms with Gasteiger partial charge in [-0.25, -0.2) is 0 Å². The Balaban J connectivity index is 0.00000363. The number of carboxylic acids is 1. The van der Waals surface area contributed by atoms with Crippen molar-refractivity contribution in [3.8, 4) is 0 Å². The number of hydrogen-bond acceptors (Lipinski definition) is 3. The van der Waals surface area contributed by atoms with Crippen molar-refractivity contribution >= 4 is 11.9 Å². The van der Waals surface area contributed by atoms with Crippen LogP contribution in [0, 0.1) is 0 Å². The maximum absolute atomic E-state index is 12.3. The lowest BCUT2D eigenvalue weighted by atomic mass is 9.76. The highest BCUT2D eigenvalue weighted by molar-refractivity contribution is 5.75. The number of aliphatic carboxylic acids is 1. The average Bonchev–Trinajstić information content (AvgIpc) is 2.80. The van der Waals surface area contributed by atoms with Gasteiger partial charge < -0.3 is 22.1 Å². The van der Waals surface area contributed by atoms with Crippen molar-refractivity contribution in [2.24, 2.45) is 16.5 Å². The molecule has 8 N–H and O–H groups in total. The van der Waals surface area contributed by atoms with Gasteiger partial charge in [-0.2, -0.15) is 0 Å². The smallest absolute Gasteiger partial charge is 0.320 e. The fourth-order valence-electron chi connectivity index (χ4n) is 3.84. The predicted molar refractivity (Wildman–Crippen MR) is 127 cm³/mol. The minimum atomic E-state index is -0.920. The van der Waals surface area contributed by atoms with Gasteiger partial charge in [-0.3, -0.25) is 15.1 Å². The molecule has 1 atom stereocenters. The van der Waals surface area contributed by atoms with Gasteiger partial charge in [0.25, 0.3) is 0 Å². The van der Waals surface area contributed by atoms with Crippen molar-refractivity contribution in [3.05, 3.63) is 108 Å². The molecule has 32 heavy (non-hydrogen) atoms. The maximum atomic E-state index is 12.3. The lowest BCUT2D eigenvalue weighted by molar-refractivity contribution is -0.140. The Hall–Kier alpha value is -3.68. The van der Waals surface area contributed by atoms with Crippen LogP contribution in [0.1, 0.15) is 29.5 Å². The Labute approximate surface area is 188 Å². The summed E-state index contributed by atoms with van der Waals surface area (Å²) in [6.45, 7) is 0.378. The number of carboxylic acid groups (broad SMARTS) is 1. The number of carbonyl (C=O) groups is 1. The third kappa shape index (κ3) is 5.72. The SMILES string of the molecule is NC(N)=NCCC[C@H](NC(c1ccccc1)(c1ccccc1)c1ccccc1)C(=O)O.O. The molecule has 0 bridgehead atoms. The number of nitrogens with one attached hydrogen (secondary N) is 1. The molecule has 0 saturated carbocycles. The second kappa shape index (κ2) is 11.6. The number of nitrogens with zero attached hydrogens (tertiary/aromatic N) is 1. The Morgan fingerprint density at radius 1 is 0.844 bits per heavy atom. The summed E-state index contributed by atoms with van der Waals surface area (Å²) < 4.78 is 0. The summed E-state index contributed by atoms with van der Waals surface area (Å²) in [5, 5.41) is 13.5. The van der Waals surface area contributed by atoms with Crippen LogP contribution >= 0.6 is 0 Å². The van der Waals surface area contributed by atoms with Crippen LogP contribution in [-0.2, 0) is 10.3 Å². The van der Waals surface area contributed by atoms with Gasteiger partial charge in [-0.15, -0.1) is 0 Å². The average molecular weight is 435 g/mol. The third-order valence-corrected chi connectivity index (χ3v) is 5.25. The Kier molecular flexibility index (Phi) is 8.95. The highest BCUT2D eigenvalue weighted by Gasteiger charge is 2.39. The first-order valence-electron chi connectivity index (χ1n) is 10.3. The maximum Gasteiger partial charge on any atom is 0.320 e. The summed E-state index contributed by atoms with van der Waals surface area (Å²) in [5.41, 5.74) is 12.8. The molecule has 0 heterocycles. The topological polar surface area (TPSA) is 145 Å². The lowest BCUT2D eigenvalue weighted by Gasteiger charge is -2.39. The van der Waals surface area contributed by atoms with Crippen LogP contribution in [0.25, 0.3) is 0 Å². The summed E-state index contributed by atoms with van der Waals surface area (Å²) in [4.78, 5) is 16.2. The Bertz CT molecular complexity index is 895. The largest absolute Gasteiger partial charge is 0.480 e. The normalized spacial score (nSPS) is 11.8. The van der Waals surface area contributed by atoms with Crippen molar-refractivity contribution in [2.75, 3.05) is 6.54 Å². The van der Waals surface area contributed by atoms with Gasteiger partial charge in [0.1, 0.15) is 6.04 Å². The van der Waals surface area contributed by atoms with E-state index in [0.29, 0.717) is 19.4 Å². The number of nitrogens with two attached hydrogens (primary N) is 2. The molecule has 0 spiro atoms. The van der Waals surface area contributed by atoms with Gasteiger partial charge in [0.15, 0.2) is 5.96 Å². The summed E-state index contributed by atoms with van der Waals surface area (Å²) >= 11 is 0. The fraction of sp³-hybridized carbons (Fsp3) is 0.200. The summed E-state index contributed by atoms with van der Waals surface area (Å²) in [6, 6.07) is 28.9. The molecule has 0 radical (unpaired) electrons. The number of benzene rings is 3. The van der Waals surface area contributed by atoms with Crippen molar-refractivity contribution in [1.82, 2.24) is 5.32 Å². The minimum Gasteiger partial charge on any atom is -0.480 e. The van der Waals surface area contributed by atoms with Crippen LogP contribution in [0.15, 0.2) is 96.0 Å². The quantitative estimate of drug-likeness (QED) is 0.167. The molecule has 3 aromatic carbocycles. The molecule has 0 fully saturated rings. The zero-order chi connectivity index (χ0) is 22.1. The van der Waals surface area contributed by atoms with Crippen LogP contribution in [0.2, 0.25) is 0 Å². The van der Waals surface area contributed by atoms with Crippen molar-refractivity contribution in [1.29, 1.82) is 0 Å². The lowest BCUT2D eigenvalue weighted by Crippen LogP contribution is -2.52. The molecule has 168 valence electrons. The fourth-order valence-corrected chi connectivity index (χ4v) is 3.84. The van der Waals surface area contributed by atoms with Crippen LogP contribution in [0.4, 0.5) is 0 Å². The second-order valence-electron chi connectivity index (χ2n) is 7.33. The molecule has 0 aromatic heterocycles. The minimum absolute atomic E-state index is 0. The molecule has 3 rings (SSSR count). The second-order valence-corrected chi connectivity index (χ2v) is 7.33. The van der Waals surface area contributed by atoms with E-state index in [9.17, 15) is 9.90 Å². The van der Waals surface area contributed by atoms with E-state index >= 15 is 0 Å². The first-order valence-corrected chi connectivity index (χ1v) is 10.3. The van der Waals surface area contributed by atoms with Crippen LogP contribution < -0.4 is 16.8 Å². The van der Waals surface area contributed by atoms with Gasteiger partial charge in [0.05, 0.1) is 5.54 Å². The highest BCUT2D eigenvalue weighted by Crippen LogP contribution is 2.37. The molecular formula is C25H30N4O3. The molecule has 0 aliphatic heterocycles. The van der Waals surface area contributed by atoms with Gasteiger partial charge in [0.2, 0.25) is 0 Å². The van der Waals surface area contributed by atoms with E-state index in [1.54, 1.807) is 0 Å². The van der Waals surface area contributed by atoms with Gasteiger partial charge in [-0.05, 0) is 29.5 Å². The van der Waals surface area contributed by atoms with E-state index in [-0.39, 0.29) is 11.4 Å². The summed E-state index contributed by atoms with van der Waals surface area (Å²) in [5.74, 6) is -0.913. The van der Waals surface area contributed by atoms with E-state index < -0.39 is 17.6 Å². The van der Waals surface area contributed by atoms with E-state index in [4.69, 9.17) is 11.5 Å². The van der Waals surface area contributed by atoms with Crippen molar-refractivity contribution in [2.45, 2.75) is 24.4 Å². The van der Waals surface area contributed by atoms with Crippen LogP contribution in [0.5, 0.6) is 0 Å². The van der Waals surface area contributed by atoms with Gasteiger partial charge in [0, 0.05) is 6.54 Å². The Morgan fingerprint density at radius 3 is 1.59 bits per heavy atom. The van der Waals surface area contributed by atoms with Crippen molar-refractivity contribution in [3.63, 3.8) is 0 Å². The highest BCUT2D eigenvalue weighted by atomic mass is 16.4. The predicted octanol–water partition coefficient (Wildman–Crippen LogP) is 2.25. The van der Waals surface area contributed by atoms with Crippen LogP contribution in [0.3, 0.4) is 0 Å². The Morgan fingerprint density at radius 2 is 1.25 bits per heavy atom. The molecule has 0 amide bonds. The van der Waals surface area contributed by atoms with Gasteiger partial charge >= 0.3 is 5.97 Å². The standard InChI is InChI=1S/C25H28N4O2.H2O/c26-24(27)28-18-10-17-22(23(30)31)29-25(19-11-4-1-5-12-19,20-13-6-2-7-14-20)21-15-8-3-9-16-21;/h1-9,11-16,22,29H,10,17-18H2,(H,30,31)(H4,26,27,28);1H2/t22-;/m0./s1. The molecular weight excluding hydrogens is 404 g/mol. The number of guanidine groups is 1. The molecule has 7 nitrogen and oxygen atoms in total. The number of rotatable bonds is 10. The van der Waals surface area contributed by atoms with Crippen LogP contribution in [-0.4, -0.2) is 35.1 Å². The molecule has 0 aliphatic rings. The molecule has 3 aromatic rings. The van der Waals surface area contributed by atoms with Gasteiger partial charge in [-0.1, -0.05) is 91.0 Å². The van der Waals surface area contributed by atoms with E-state index in [0.717, 1.165) is 16.7 Å². The van der Waals surface area contributed by atoms with E-state index in [1.807, 2.05) is 91.0 Å². The number of aliphatic imine (C=N–C) groups is 1.